The lowest BCUT2D eigenvalue weighted by molar-refractivity contribution is 0.0957. The van der Waals surface area contributed by atoms with E-state index in [0.29, 0.717) is 11.4 Å². The Balaban J connectivity index is 1.56. The summed E-state index contributed by atoms with van der Waals surface area (Å²) >= 11 is 1.36. The van der Waals surface area contributed by atoms with E-state index in [9.17, 15) is 9.18 Å². The maximum Gasteiger partial charge on any atom is 0.261 e. The van der Waals surface area contributed by atoms with Crippen LogP contribution in [0.4, 0.5) is 4.39 Å². The SMILES string of the molecule is O=C(NCCCc1ncn[nH]1)c1cc2cc(F)ccc2s1. The highest BCUT2D eigenvalue weighted by molar-refractivity contribution is 7.20. The molecule has 3 rings (SSSR count). The Morgan fingerprint density at radius 2 is 2.29 bits per heavy atom. The fourth-order valence-corrected chi connectivity index (χ4v) is 2.98. The van der Waals surface area contributed by atoms with Crippen molar-refractivity contribution in [1.82, 2.24) is 20.5 Å². The van der Waals surface area contributed by atoms with Gasteiger partial charge in [0.1, 0.15) is 18.0 Å². The Bertz CT molecular complexity index is 754. The molecule has 0 atom stereocenters. The Morgan fingerprint density at radius 1 is 1.38 bits per heavy atom. The van der Waals surface area contributed by atoms with Gasteiger partial charge >= 0.3 is 0 Å². The van der Waals surface area contributed by atoms with Crippen molar-refractivity contribution in [3.05, 3.63) is 47.1 Å². The minimum Gasteiger partial charge on any atom is -0.351 e. The highest BCUT2D eigenvalue weighted by atomic mass is 32.1. The molecule has 0 spiro atoms. The van der Waals surface area contributed by atoms with Crippen LogP contribution in [0.25, 0.3) is 10.1 Å². The molecule has 5 nitrogen and oxygen atoms in total. The average molecular weight is 304 g/mol. The number of hydrogen-bond donors (Lipinski definition) is 2. The van der Waals surface area contributed by atoms with Crippen molar-refractivity contribution in [3.8, 4) is 0 Å². The molecule has 0 bridgehead atoms. The summed E-state index contributed by atoms with van der Waals surface area (Å²) in [6.45, 7) is 0.558. The number of carbonyl (C=O) groups is 1. The molecule has 0 aliphatic carbocycles. The van der Waals surface area contributed by atoms with Gasteiger partial charge in [-0.05, 0) is 36.1 Å². The summed E-state index contributed by atoms with van der Waals surface area (Å²) in [5.74, 6) is 0.384. The van der Waals surface area contributed by atoms with Crippen LogP contribution in [-0.2, 0) is 6.42 Å². The van der Waals surface area contributed by atoms with E-state index >= 15 is 0 Å². The predicted octanol–water partition coefficient (Wildman–Crippen LogP) is 2.52. The van der Waals surface area contributed by atoms with Gasteiger partial charge in [0.2, 0.25) is 0 Å². The summed E-state index contributed by atoms with van der Waals surface area (Å²) in [4.78, 5) is 16.6. The number of H-pyrrole nitrogens is 1. The number of benzene rings is 1. The normalized spacial score (nSPS) is 10.9. The summed E-state index contributed by atoms with van der Waals surface area (Å²) in [6, 6.07) is 6.25. The molecule has 2 heterocycles. The van der Waals surface area contributed by atoms with Gasteiger partial charge in [-0.2, -0.15) is 5.10 Å². The maximum atomic E-state index is 13.1. The molecule has 3 aromatic rings. The van der Waals surface area contributed by atoms with Crippen molar-refractivity contribution in [1.29, 1.82) is 0 Å². The molecule has 0 fully saturated rings. The molecule has 1 amide bonds. The van der Waals surface area contributed by atoms with E-state index in [4.69, 9.17) is 0 Å². The van der Waals surface area contributed by atoms with Gasteiger partial charge in [0.25, 0.3) is 5.91 Å². The molecule has 21 heavy (non-hydrogen) atoms. The molecule has 108 valence electrons. The minimum absolute atomic E-state index is 0.130. The average Bonchev–Trinajstić information content (AvgIpc) is 3.11. The molecule has 0 aliphatic rings. The molecule has 0 saturated carbocycles. The predicted molar refractivity (Wildman–Crippen MR) is 78.8 cm³/mol. The smallest absolute Gasteiger partial charge is 0.261 e. The molecular formula is C14H13FN4OS. The zero-order chi connectivity index (χ0) is 14.7. The van der Waals surface area contributed by atoms with Gasteiger partial charge in [0.05, 0.1) is 4.88 Å². The molecule has 0 aliphatic heterocycles. The number of nitrogens with one attached hydrogen (secondary N) is 2. The molecule has 0 unspecified atom stereocenters. The van der Waals surface area contributed by atoms with Crippen molar-refractivity contribution in [2.75, 3.05) is 6.54 Å². The Kier molecular flexibility index (Phi) is 3.92. The largest absolute Gasteiger partial charge is 0.351 e. The number of hydrogen-bond acceptors (Lipinski definition) is 4. The summed E-state index contributed by atoms with van der Waals surface area (Å²) in [6.07, 6.45) is 2.97. The lowest BCUT2D eigenvalue weighted by Gasteiger charge is -2.01. The summed E-state index contributed by atoms with van der Waals surface area (Å²) in [5.41, 5.74) is 0. The quantitative estimate of drug-likeness (QED) is 0.712. The Labute approximate surface area is 124 Å². The first-order chi connectivity index (χ1) is 10.2. The number of aromatic nitrogens is 3. The summed E-state index contributed by atoms with van der Waals surface area (Å²) in [5, 5.41) is 10.1. The first-order valence-electron chi connectivity index (χ1n) is 6.54. The minimum atomic E-state index is -0.292. The van der Waals surface area contributed by atoms with Crippen LogP contribution in [0.3, 0.4) is 0 Å². The molecule has 2 N–H and O–H groups in total. The molecule has 0 saturated heterocycles. The second-order valence-electron chi connectivity index (χ2n) is 4.58. The second kappa shape index (κ2) is 6.01. The number of nitrogens with zero attached hydrogens (tertiary/aromatic N) is 2. The Hall–Kier alpha value is -2.28. The molecule has 2 aromatic heterocycles. The van der Waals surface area contributed by atoms with Crippen molar-refractivity contribution >= 4 is 27.3 Å². The van der Waals surface area contributed by atoms with Gasteiger partial charge in [-0.3, -0.25) is 9.89 Å². The number of fused-ring (bicyclic) bond motifs is 1. The number of thiophene rings is 1. The standard InChI is InChI=1S/C14H13FN4OS/c15-10-3-4-11-9(6-10)7-12(21-11)14(20)16-5-1-2-13-17-8-18-19-13/h3-4,6-8H,1-2,5H2,(H,16,20)(H,17,18,19). The lowest BCUT2D eigenvalue weighted by atomic mass is 10.2. The van der Waals surface area contributed by atoms with Gasteiger partial charge in [0.15, 0.2) is 0 Å². The van der Waals surface area contributed by atoms with E-state index in [1.165, 1.54) is 29.8 Å². The van der Waals surface area contributed by atoms with E-state index < -0.39 is 0 Å². The van der Waals surface area contributed by atoms with Crippen molar-refractivity contribution < 1.29 is 9.18 Å². The third kappa shape index (κ3) is 3.25. The second-order valence-corrected chi connectivity index (χ2v) is 5.67. The van der Waals surface area contributed by atoms with Crippen molar-refractivity contribution in [2.24, 2.45) is 0 Å². The monoisotopic (exact) mass is 304 g/mol. The molecular weight excluding hydrogens is 291 g/mol. The van der Waals surface area contributed by atoms with Gasteiger partial charge in [0, 0.05) is 17.7 Å². The van der Waals surface area contributed by atoms with Crippen LogP contribution in [0, 0.1) is 5.82 Å². The highest BCUT2D eigenvalue weighted by Crippen LogP contribution is 2.26. The summed E-state index contributed by atoms with van der Waals surface area (Å²) in [7, 11) is 0. The van der Waals surface area contributed by atoms with Crippen molar-refractivity contribution in [2.45, 2.75) is 12.8 Å². The van der Waals surface area contributed by atoms with Gasteiger partial charge in [-0.1, -0.05) is 0 Å². The van der Waals surface area contributed by atoms with Gasteiger partial charge in [-0.25, -0.2) is 9.37 Å². The van der Waals surface area contributed by atoms with E-state index in [2.05, 4.69) is 20.5 Å². The molecule has 0 radical (unpaired) electrons. The van der Waals surface area contributed by atoms with Crippen molar-refractivity contribution in [3.63, 3.8) is 0 Å². The molecule has 7 heteroatoms. The maximum absolute atomic E-state index is 13.1. The van der Waals surface area contributed by atoms with Gasteiger partial charge in [-0.15, -0.1) is 11.3 Å². The number of rotatable bonds is 5. The number of aryl methyl sites for hydroxylation is 1. The third-order valence-electron chi connectivity index (χ3n) is 3.04. The van der Waals surface area contributed by atoms with Gasteiger partial charge < -0.3 is 5.32 Å². The topological polar surface area (TPSA) is 70.7 Å². The van der Waals surface area contributed by atoms with E-state index in [1.54, 1.807) is 12.1 Å². The van der Waals surface area contributed by atoms with Crippen LogP contribution in [0.5, 0.6) is 0 Å². The lowest BCUT2D eigenvalue weighted by Crippen LogP contribution is -2.23. The highest BCUT2D eigenvalue weighted by Gasteiger charge is 2.10. The van der Waals surface area contributed by atoms with Crippen LogP contribution >= 0.6 is 11.3 Å². The summed E-state index contributed by atoms with van der Waals surface area (Å²) < 4.78 is 14.0. The van der Waals surface area contributed by atoms with Crippen LogP contribution < -0.4 is 5.32 Å². The number of amides is 1. The fraction of sp³-hybridized carbons (Fsp3) is 0.214. The van der Waals surface area contributed by atoms with E-state index in [0.717, 1.165) is 28.8 Å². The van der Waals surface area contributed by atoms with Crippen LogP contribution in [-0.4, -0.2) is 27.6 Å². The first-order valence-corrected chi connectivity index (χ1v) is 7.35. The number of halogens is 1. The fourth-order valence-electron chi connectivity index (χ4n) is 2.02. The third-order valence-corrected chi connectivity index (χ3v) is 4.16. The zero-order valence-electron chi connectivity index (χ0n) is 11.1. The molecule has 1 aromatic carbocycles. The first kappa shape index (κ1) is 13.7. The van der Waals surface area contributed by atoms with Crippen LogP contribution in [0.2, 0.25) is 0 Å². The Morgan fingerprint density at radius 3 is 3.10 bits per heavy atom. The van der Waals surface area contributed by atoms with Crippen LogP contribution in [0.15, 0.2) is 30.6 Å². The zero-order valence-corrected chi connectivity index (χ0v) is 11.9. The van der Waals surface area contributed by atoms with E-state index in [-0.39, 0.29) is 11.7 Å². The number of carbonyl (C=O) groups excluding carboxylic acids is 1. The van der Waals surface area contributed by atoms with Crippen LogP contribution in [0.1, 0.15) is 21.9 Å². The van der Waals surface area contributed by atoms with E-state index in [1.807, 2.05) is 0 Å². The number of aromatic amines is 1.